The molecule has 108 heavy (non-hydrogen) atoms. The van der Waals surface area contributed by atoms with E-state index in [9.17, 15) is 47.9 Å². The number of urea groups is 1. The van der Waals surface area contributed by atoms with Gasteiger partial charge in [-0.15, -0.1) is 12.5 Å². The Kier molecular flexibility index (Phi) is 29.7. The van der Waals surface area contributed by atoms with Crippen molar-refractivity contribution in [2.75, 3.05) is 83.7 Å². The second-order valence-electron chi connectivity index (χ2n) is 26.4. The Balaban J connectivity index is 0.000000153. The maximum absolute atomic E-state index is 11.8. The zero-order valence-corrected chi connectivity index (χ0v) is 65.5. The van der Waals surface area contributed by atoms with E-state index in [2.05, 4.69) is 21.4 Å². The average molecular weight is 1530 g/mol. The molecule has 0 unspecified atom stereocenters. The third-order valence-corrected chi connectivity index (χ3v) is 18.4. The largest absolute Gasteiger partial charge is 0.420 e. The van der Waals surface area contributed by atoms with Gasteiger partial charge < -0.3 is 53.2 Å². The third-order valence-electron chi connectivity index (χ3n) is 18.4. The number of ketones is 1. The molecule has 1 radical (unpaired) electrons. The van der Waals surface area contributed by atoms with Gasteiger partial charge in [-0.3, -0.25) is 43.3 Å². The van der Waals surface area contributed by atoms with E-state index in [-0.39, 0.29) is 84.8 Å². The number of Topliss-reactive ketones (excluding diaryl/α,β-unsaturated/α-hetero) is 1. The molecule has 8 aromatic carbocycles. The summed E-state index contributed by atoms with van der Waals surface area (Å²) >= 11 is 0. The Morgan fingerprint density at radius 3 is 1.55 bits per heavy atom. The van der Waals surface area contributed by atoms with Crippen molar-refractivity contribution >= 4 is 91.0 Å². The first-order valence-corrected chi connectivity index (χ1v) is 35.0. The molecule has 17 rings (SSSR count). The molecule has 1 saturated heterocycles. The van der Waals surface area contributed by atoms with Gasteiger partial charge in [-0.1, -0.05) is 133 Å². The Hall–Kier alpha value is -11.7. The molecule has 24 heteroatoms. The van der Waals surface area contributed by atoms with Crippen molar-refractivity contribution in [2.45, 2.75) is 52.1 Å². The van der Waals surface area contributed by atoms with E-state index in [1.807, 2.05) is 197 Å². The molecule has 0 atom stereocenters. The Bertz CT molecular complexity index is 4950. The SMILES string of the molecule is CC(=O)N1CN(C)C(=O)c2ccccc21.CN1CC(=O)[CH-]c2ccccc21.CN1CCCCC1=O.CN1CCc2ccccc2C1=O.CN1Cc2ccccc2CC1=O.CN1Cc2ccccc2NC1=O.Cn1ccc2ccccc2c1=O.Cn1cnc2ccccc2c1=O.Cn1cnc2ccccc2c1=O.[Y]. The number of hydrogen-bond donors (Lipinski definition) is 1. The summed E-state index contributed by atoms with van der Waals surface area (Å²) in [6.45, 7) is 5.58. The molecule has 0 saturated carbocycles. The van der Waals surface area contributed by atoms with Crippen molar-refractivity contribution in [2.24, 2.45) is 21.1 Å². The number of benzene rings is 8. The molecule has 0 bridgehead atoms. The summed E-state index contributed by atoms with van der Waals surface area (Å²) in [6.07, 6.45) is 11.1. The number of hydrogen-bond acceptors (Lipinski definition) is 13. The number of carbonyl (C=O) groups is 7. The number of pyridine rings is 1. The van der Waals surface area contributed by atoms with Crippen molar-refractivity contribution in [1.82, 2.24) is 48.2 Å². The summed E-state index contributed by atoms with van der Waals surface area (Å²) in [5.41, 5.74) is 11.6. The fraction of sp³-hybridized carbons (Fsp3) is 0.250. The molecule has 1 fully saturated rings. The summed E-state index contributed by atoms with van der Waals surface area (Å²) in [4.78, 5) is 134. The van der Waals surface area contributed by atoms with E-state index in [1.165, 1.54) is 62.3 Å². The minimum Gasteiger partial charge on any atom is -0.420 e. The number of fused-ring (bicyclic) bond motifs is 8. The van der Waals surface area contributed by atoms with Crippen LogP contribution in [-0.4, -0.2) is 158 Å². The Morgan fingerprint density at radius 2 is 0.926 bits per heavy atom. The number of nitrogens with one attached hydrogen (secondary N) is 1. The zero-order chi connectivity index (χ0) is 76.8. The van der Waals surface area contributed by atoms with Crippen LogP contribution in [-0.2, 0) is 99.0 Å². The van der Waals surface area contributed by atoms with Crippen LogP contribution in [0.25, 0.3) is 32.6 Å². The predicted octanol–water partition coefficient (Wildman–Crippen LogP) is 10.6. The van der Waals surface area contributed by atoms with Crippen LogP contribution in [0.1, 0.15) is 74.7 Å². The molecule has 7 amide bonds. The van der Waals surface area contributed by atoms with Gasteiger partial charge >= 0.3 is 6.03 Å². The normalized spacial score (nSPS) is 14.2. The summed E-state index contributed by atoms with van der Waals surface area (Å²) in [7, 11) is 16.1. The predicted molar refractivity (Wildman–Crippen MR) is 420 cm³/mol. The molecular weight excluding hydrogens is 1440 g/mol. The van der Waals surface area contributed by atoms with Gasteiger partial charge in [0.1, 0.15) is 12.5 Å². The molecule has 3 aromatic heterocycles. The van der Waals surface area contributed by atoms with E-state index >= 15 is 0 Å². The van der Waals surface area contributed by atoms with Gasteiger partial charge in [0, 0.05) is 151 Å². The maximum Gasteiger partial charge on any atom is 0.321 e. The Morgan fingerprint density at radius 1 is 0.417 bits per heavy atom. The van der Waals surface area contributed by atoms with Crippen LogP contribution in [0.2, 0.25) is 0 Å². The number of aryl methyl sites for hydroxylation is 3. The number of para-hydroxylation sites is 5. The van der Waals surface area contributed by atoms with Crippen LogP contribution >= 0.6 is 0 Å². The molecule has 23 nitrogen and oxygen atoms in total. The number of nitrogens with zero attached hydrogens (tertiary/aromatic N) is 12. The summed E-state index contributed by atoms with van der Waals surface area (Å²) in [6, 6.07) is 63.0. The summed E-state index contributed by atoms with van der Waals surface area (Å²) < 4.78 is 4.53. The third kappa shape index (κ3) is 21.5. The molecule has 11 aromatic rings. The zero-order valence-electron chi connectivity index (χ0n) is 62.7. The van der Waals surface area contributed by atoms with Crippen molar-refractivity contribution in [3.8, 4) is 0 Å². The number of piperidine rings is 1. The van der Waals surface area contributed by atoms with Gasteiger partial charge in [0.2, 0.25) is 17.7 Å². The van der Waals surface area contributed by atoms with Gasteiger partial charge in [-0.05, 0) is 115 Å². The van der Waals surface area contributed by atoms with E-state index in [0.29, 0.717) is 54.1 Å². The van der Waals surface area contributed by atoms with Gasteiger partial charge in [-0.25, -0.2) is 14.8 Å². The van der Waals surface area contributed by atoms with Crippen molar-refractivity contribution in [1.29, 1.82) is 0 Å². The van der Waals surface area contributed by atoms with E-state index in [1.54, 1.807) is 107 Å². The van der Waals surface area contributed by atoms with Gasteiger partial charge in [-0.2, -0.15) is 11.6 Å². The average Bonchev–Trinajstić information content (AvgIpc) is 0.793. The minimum absolute atomic E-state index is 0. The smallest absolute Gasteiger partial charge is 0.321 e. The molecule has 6 aliphatic heterocycles. The number of likely N-dealkylation sites (tertiary alicyclic amines) is 1. The standard InChI is InChI=1S/C11H12N2O2.C10H10NO.2C10H11NO.C10H9NO.2C9H8N2O.C9H10N2O.C6H11NO.Y/c1-8(14)13-7-12(2)11(15)9-5-3-4-6-10(9)13;1-11-7-9(12)6-8-4-2-3-5-10(8)11;1-11-7-9-5-3-2-4-8(9)6-10(11)12;2*1-11-7-6-8-4-2-3-5-9(8)10(11)12;2*1-11-6-10-8-5-3-2-4-7(8)9(11)12;1-11-6-7-4-2-3-5-8(7)10-9(11)12;1-7-5-3-2-4-6(7)8;/h3-6H,7H2,1-2H3;2-6H,7H2,1H3;2*2-5H,6-7H2,1H3;2-7H,1H3;2*2-6H,1H3;2-5H,6H2,1H3,(H,10,12);2-5H2,1H3;/q;-1;;;;;;;;. The van der Waals surface area contributed by atoms with Crippen LogP contribution in [0, 0.1) is 6.42 Å². The molecule has 9 heterocycles. The maximum atomic E-state index is 11.8. The van der Waals surface area contributed by atoms with Crippen LogP contribution in [0.4, 0.5) is 21.9 Å². The first kappa shape index (κ1) is 82.0. The molecular formula is C84H90N13O10Y-. The first-order valence-electron chi connectivity index (χ1n) is 35.0. The number of likely N-dealkylation sites (N-methyl/N-ethyl adjacent to an activating group) is 3. The van der Waals surface area contributed by atoms with Crippen molar-refractivity contribution < 1.29 is 66.3 Å². The fourth-order valence-corrected chi connectivity index (χ4v) is 12.1. The Labute approximate surface area is 653 Å². The van der Waals surface area contributed by atoms with Crippen LogP contribution in [0.5, 0.6) is 0 Å². The molecule has 555 valence electrons. The number of amides is 7. The van der Waals surface area contributed by atoms with Crippen molar-refractivity contribution in [3.05, 3.63) is 295 Å². The second kappa shape index (κ2) is 39.1. The van der Waals surface area contributed by atoms with Gasteiger partial charge in [0.05, 0.1) is 58.7 Å². The van der Waals surface area contributed by atoms with E-state index < -0.39 is 0 Å². The molecule has 0 aliphatic carbocycles. The van der Waals surface area contributed by atoms with Crippen LogP contribution in [0.15, 0.2) is 233 Å². The number of anilines is 3. The number of rotatable bonds is 0. The molecule has 6 aliphatic rings. The van der Waals surface area contributed by atoms with Crippen molar-refractivity contribution in [3.63, 3.8) is 0 Å². The minimum atomic E-state index is -0.0539. The second-order valence-corrected chi connectivity index (χ2v) is 26.4. The summed E-state index contributed by atoms with van der Waals surface area (Å²) in [5, 5.41) is 5.92. The van der Waals surface area contributed by atoms with Crippen LogP contribution in [0.3, 0.4) is 0 Å². The number of carbonyl (C=O) groups excluding carboxylic acids is 7. The van der Waals surface area contributed by atoms with E-state index in [4.69, 9.17) is 0 Å². The van der Waals surface area contributed by atoms with Crippen LogP contribution < -0.4 is 31.8 Å². The van der Waals surface area contributed by atoms with E-state index in [0.717, 1.165) is 83.2 Å². The molecule has 1 N–H and O–H groups in total. The first-order chi connectivity index (χ1) is 51.4. The quantitative estimate of drug-likeness (QED) is 0.139. The van der Waals surface area contributed by atoms with Gasteiger partial charge in [0.15, 0.2) is 0 Å². The summed E-state index contributed by atoms with van der Waals surface area (Å²) in [5.74, 6) is 0.753. The molecule has 0 spiro atoms. The fourth-order valence-electron chi connectivity index (χ4n) is 12.1. The topological polar surface area (TPSA) is 246 Å². The van der Waals surface area contributed by atoms with Gasteiger partial charge in [0.25, 0.3) is 28.5 Å². The number of aromatic nitrogens is 5. The monoisotopic (exact) mass is 1530 g/mol.